The van der Waals surface area contributed by atoms with Crippen molar-refractivity contribution in [2.45, 2.75) is 125 Å². The van der Waals surface area contributed by atoms with Crippen molar-refractivity contribution in [1.29, 1.82) is 0 Å². The fourth-order valence-electron chi connectivity index (χ4n) is 11.0. The van der Waals surface area contributed by atoms with Crippen LogP contribution in [0.25, 0.3) is 0 Å². The zero-order valence-corrected chi connectivity index (χ0v) is 21.9. The first-order valence-corrected chi connectivity index (χ1v) is 14.2. The lowest BCUT2D eigenvalue weighted by molar-refractivity contribution is -0.296. The van der Waals surface area contributed by atoms with Gasteiger partial charge < -0.3 is 4.74 Å². The Morgan fingerprint density at radius 3 is 2.19 bits per heavy atom. The molecule has 2 bridgehead atoms. The van der Waals surface area contributed by atoms with Crippen molar-refractivity contribution in [3.05, 3.63) is 0 Å². The van der Waals surface area contributed by atoms with Gasteiger partial charge in [-0.1, -0.05) is 67.7 Å². The van der Waals surface area contributed by atoms with Crippen molar-refractivity contribution in [3.63, 3.8) is 0 Å². The van der Waals surface area contributed by atoms with E-state index in [0.717, 1.165) is 42.1 Å². The average molecular weight is 429 g/mol. The van der Waals surface area contributed by atoms with Crippen molar-refractivity contribution in [2.75, 3.05) is 6.61 Å². The molecule has 1 heteroatoms. The SMILES string of the molecule is CC(C)CCC[C@@H](C)[C@H]1CC[C@]2(C)[C@@H]1CC[C@@H]1[C@@]3(C)C4CC[C@](C)(CO4)[C@@H]3CC[C@]12C. The molecule has 2 aliphatic heterocycles. The second kappa shape index (κ2) is 7.48. The molecule has 2 heterocycles. The van der Waals surface area contributed by atoms with Gasteiger partial charge in [0.15, 0.2) is 0 Å². The molecule has 0 aromatic rings. The van der Waals surface area contributed by atoms with E-state index in [1.54, 1.807) is 0 Å². The Kier molecular flexibility index (Phi) is 5.49. The van der Waals surface area contributed by atoms with Crippen molar-refractivity contribution < 1.29 is 4.74 Å². The molecule has 4 saturated carbocycles. The normalized spacial score (nSPS) is 54.4. The van der Waals surface area contributed by atoms with Crippen LogP contribution in [0.15, 0.2) is 0 Å². The summed E-state index contributed by atoms with van der Waals surface area (Å²) in [5.74, 6) is 5.52. The Morgan fingerprint density at radius 2 is 1.52 bits per heavy atom. The van der Waals surface area contributed by atoms with E-state index >= 15 is 0 Å². The van der Waals surface area contributed by atoms with Gasteiger partial charge in [0.05, 0.1) is 12.7 Å². The van der Waals surface area contributed by atoms with Crippen LogP contribution in [0.1, 0.15) is 119 Å². The van der Waals surface area contributed by atoms with Gasteiger partial charge in [-0.25, -0.2) is 0 Å². The van der Waals surface area contributed by atoms with Crippen LogP contribution in [-0.2, 0) is 4.74 Å². The van der Waals surface area contributed by atoms with Crippen LogP contribution in [0.3, 0.4) is 0 Å². The minimum absolute atomic E-state index is 0.424. The van der Waals surface area contributed by atoms with E-state index in [1.807, 2.05) is 0 Å². The molecule has 178 valence electrons. The fraction of sp³-hybridized carbons (Fsp3) is 1.00. The molecule has 0 spiro atoms. The van der Waals surface area contributed by atoms with Crippen LogP contribution in [-0.4, -0.2) is 12.7 Å². The van der Waals surface area contributed by atoms with Crippen LogP contribution in [0.2, 0.25) is 0 Å². The van der Waals surface area contributed by atoms with Crippen molar-refractivity contribution in [2.24, 2.45) is 57.2 Å². The second-order valence-corrected chi connectivity index (χ2v) is 14.5. The summed E-state index contributed by atoms with van der Waals surface area (Å²) in [5, 5.41) is 0. The molecule has 0 amide bonds. The summed E-state index contributed by atoms with van der Waals surface area (Å²) < 4.78 is 6.61. The van der Waals surface area contributed by atoms with E-state index in [2.05, 4.69) is 48.5 Å². The second-order valence-electron chi connectivity index (χ2n) is 14.5. The summed E-state index contributed by atoms with van der Waals surface area (Å²) in [6.45, 7) is 19.2. The molecule has 4 aliphatic carbocycles. The van der Waals surface area contributed by atoms with E-state index in [9.17, 15) is 0 Å². The van der Waals surface area contributed by atoms with Crippen LogP contribution in [0, 0.1) is 57.2 Å². The van der Waals surface area contributed by atoms with Crippen LogP contribution in [0.4, 0.5) is 0 Å². The lowest BCUT2D eigenvalue weighted by Crippen LogP contribution is -2.69. The highest BCUT2D eigenvalue weighted by Crippen LogP contribution is 2.76. The minimum Gasteiger partial charge on any atom is -0.377 e. The zero-order valence-electron chi connectivity index (χ0n) is 21.9. The van der Waals surface area contributed by atoms with Gasteiger partial charge in [-0.05, 0) is 103 Å². The fourth-order valence-corrected chi connectivity index (χ4v) is 11.0. The quantitative estimate of drug-likeness (QED) is 0.426. The van der Waals surface area contributed by atoms with Gasteiger partial charge in [0.2, 0.25) is 0 Å². The Morgan fingerprint density at radius 1 is 0.774 bits per heavy atom. The van der Waals surface area contributed by atoms with Gasteiger partial charge >= 0.3 is 0 Å². The molecular formula is C30H52O. The standard InChI is InChI=1S/C30H52O/c1-20(2)9-8-10-21(3)22-13-17-28(5)23(22)11-12-25-29(28,6)18-14-24-27(4)16-15-26(31-19-27)30(24,25)7/h20-26H,8-19H2,1-7H3/t21-,22-,23-,24+,25+,26?,27-,28-,29-,30+/m1/s1. The molecule has 0 aromatic heterocycles. The number of fused-ring (bicyclic) bond motifs is 5. The first kappa shape index (κ1) is 22.7. The molecule has 0 radical (unpaired) electrons. The van der Waals surface area contributed by atoms with Crippen molar-refractivity contribution in [1.82, 2.24) is 0 Å². The van der Waals surface area contributed by atoms with Crippen LogP contribution < -0.4 is 0 Å². The Hall–Kier alpha value is -0.0400. The molecular weight excluding hydrogens is 376 g/mol. The topological polar surface area (TPSA) is 9.23 Å². The van der Waals surface area contributed by atoms with Crippen LogP contribution >= 0.6 is 0 Å². The maximum absolute atomic E-state index is 6.61. The van der Waals surface area contributed by atoms with Gasteiger partial charge in [0.25, 0.3) is 0 Å². The highest BCUT2D eigenvalue weighted by molar-refractivity contribution is 5.19. The third kappa shape index (κ3) is 3.03. The number of rotatable bonds is 5. The Balaban J connectivity index is 1.39. The van der Waals surface area contributed by atoms with E-state index in [0.29, 0.717) is 27.8 Å². The first-order valence-electron chi connectivity index (χ1n) is 14.2. The highest BCUT2D eigenvalue weighted by Gasteiger charge is 2.71. The number of hydrogen-bond acceptors (Lipinski definition) is 1. The van der Waals surface area contributed by atoms with Crippen molar-refractivity contribution in [3.8, 4) is 0 Å². The third-order valence-corrected chi connectivity index (χ3v) is 12.9. The summed E-state index contributed by atoms with van der Waals surface area (Å²) in [4.78, 5) is 0. The monoisotopic (exact) mass is 428 g/mol. The Bertz CT molecular complexity index is 674. The van der Waals surface area contributed by atoms with Gasteiger partial charge in [0.1, 0.15) is 0 Å². The molecule has 10 atom stereocenters. The van der Waals surface area contributed by atoms with Gasteiger partial charge in [0, 0.05) is 5.41 Å². The van der Waals surface area contributed by atoms with Gasteiger partial charge in [-0.2, -0.15) is 0 Å². The maximum Gasteiger partial charge on any atom is 0.0634 e. The molecule has 1 nitrogen and oxygen atoms in total. The van der Waals surface area contributed by atoms with E-state index in [1.165, 1.54) is 70.6 Å². The molecule has 1 unspecified atom stereocenters. The van der Waals surface area contributed by atoms with E-state index in [4.69, 9.17) is 4.74 Å². The first-order chi connectivity index (χ1) is 14.6. The van der Waals surface area contributed by atoms with Gasteiger partial charge in [-0.15, -0.1) is 0 Å². The lowest BCUT2D eigenvalue weighted by Gasteiger charge is -2.72. The van der Waals surface area contributed by atoms with E-state index in [-0.39, 0.29) is 0 Å². The summed E-state index contributed by atoms with van der Waals surface area (Å²) in [7, 11) is 0. The van der Waals surface area contributed by atoms with Gasteiger partial charge in [-0.3, -0.25) is 0 Å². The van der Waals surface area contributed by atoms with Crippen molar-refractivity contribution >= 4 is 0 Å². The van der Waals surface area contributed by atoms with Crippen LogP contribution in [0.5, 0.6) is 0 Å². The predicted molar refractivity (Wildman–Crippen MR) is 131 cm³/mol. The third-order valence-electron chi connectivity index (χ3n) is 12.9. The molecule has 6 rings (SSSR count). The zero-order chi connectivity index (χ0) is 22.2. The lowest BCUT2D eigenvalue weighted by atomic mass is 9.34. The molecule has 2 saturated heterocycles. The molecule has 31 heavy (non-hydrogen) atoms. The molecule has 0 aromatic carbocycles. The average Bonchev–Trinajstić information content (AvgIpc) is 3.06. The van der Waals surface area contributed by atoms with E-state index < -0.39 is 0 Å². The number of hydrogen-bond donors (Lipinski definition) is 0. The Labute approximate surface area is 193 Å². The molecule has 6 fully saturated rings. The molecule has 6 aliphatic rings. The largest absolute Gasteiger partial charge is 0.377 e. The molecule has 0 N–H and O–H groups in total. The highest BCUT2D eigenvalue weighted by atomic mass is 16.5. The predicted octanol–water partition coefficient (Wildman–Crippen LogP) is 8.51. The summed E-state index contributed by atoms with van der Waals surface area (Å²) in [5.41, 5.74) is 1.95. The summed E-state index contributed by atoms with van der Waals surface area (Å²) >= 11 is 0. The maximum atomic E-state index is 6.61. The summed E-state index contributed by atoms with van der Waals surface area (Å²) in [6.07, 6.45) is 16.5. The number of ether oxygens (including phenoxy) is 1. The minimum atomic E-state index is 0.424. The smallest absolute Gasteiger partial charge is 0.0634 e. The summed E-state index contributed by atoms with van der Waals surface area (Å²) in [6, 6.07) is 0.